The van der Waals surface area contributed by atoms with Crippen LogP contribution in [0.1, 0.15) is 5.56 Å². The maximum Gasteiger partial charge on any atom is 0.293 e. The van der Waals surface area contributed by atoms with Crippen molar-refractivity contribution in [2.45, 2.75) is 4.90 Å². The van der Waals surface area contributed by atoms with Crippen molar-refractivity contribution in [3.63, 3.8) is 0 Å². The minimum atomic E-state index is -4.48. The zero-order chi connectivity index (χ0) is 29.4. The van der Waals surface area contributed by atoms with Gasteiger partial charge in [0.2, 0.25) is 12.3 Å². The van der Waals surface area contributed by atoms with Crippen molar-refractivity contribution in [1.29, 1.82) is 0 Å². The number of carbonyl (C=O) groups is 2. The number of nitro benzene ring substituents is 1. The molecule has 2 N–H and O–H groups in total. The maximum absolute atomic E-state index is 13.3. The molecule has 3 aromatic carbocycles. The number of carbonyl (C=O) groups excluding carboxylic acids is 2. The molecule has 0 atom stereocenters. The number of allylic oxidation sites excluding steroid dienone is 2. The Hall–Kier alpha value is -4.39. The van der Waals surface area contributed by atoms with Crippen LogP contribution >= 0.6 is 22.5 Å². The standard InChI is InChI=1S/C28H25ClN4O6S2/c29-25-6-2-1-5-21(25)7-14-28(35)31-22-8-10-23(11-9-22)32(20-34)41(38,39)24-12-13-26(27(19-24)33(36)37)30-15-18-40-16-3-4-17-40/h1-14,16-17,19-20,30,40H,15,18H2,(H,31,35). The minimum Gasteiger partial charge on any atom is -0.379 e. The number of nitro groups is 1. The van der Waals surface area contributed by atoms with Crippen LogP contribution < -0.4 is 14.9 Å². The van der Waals surface area contributed by atoms with Gasteiger partial charge in [-0.05, 0) is 70.7 Å². The average Bonchev–Trinajstić information content (AvgIpc) is 3.47. The molecule has 0 saturated heterocycles. The molecule has 0 spiro atoms. The molecule has 3 aromatic rings. The van der Waals surface area contributed by atoms with Crippen LogP contribution in [0, 0.1) is 10.1 Å². The van der Waals surface area contributed by atoms with Gasteiger partial charge in [0.05, 0.1) is 15.5 Å². The number of anilines is 3. The highest BCUT2D eigenvalue weighted by molar-refractivity contribution is 8.22. The Kier molecular flexibility index (Phi) is 9.61. The second kappa shape index (κ2) is 13.3. The van der Waals surface area contributed by atoms with E-state index in [2.05, 4.69) is 21.4 Å². The Morgan fingerprint density at radius 3 is 2.41 bits per heavy atom. The van der Waals surface area contributed by atoms with Gasteiger partial charge < -0.3 is 10.6 Å². The van der Waals surface area contributed by atoms with Gasteiger partial charge in [-0.25, -0.2) is 23.6 Å². The molecule has 41 heavy (non-hydrogen) atoms. The van der Waals surface area contributed by atoms with Crippen LogP contribution in [0.25, 0.3) is 6.08 Å². The van der Waals surface area contributed by atoms with Gasteiger partial charge in [-0.15, -0.1) is 0 Å². The monoisotopic (exact) mass is 612 g/mol. The molecular weight excluding hydrogens is 588 g/mol. The fourth-order valence-corrected chi connectivity index (χ4v) is 6.68. The third-order valence-electron chi connectivity index (χ3n) is 5.88. The molecule has 0 saturated carbocycles. The lowest BCUT2D eigenvalue weighted by atomic mass is 10.2. The molecular formula is C28H25ClN4O6S2. The third kappa shape index (κ3) is 7.42. The zero-order valence-corrected chi connectivity index (χ0v) is 23.9. The molecule has 1 aliphatic rings. The van der Waals surface area contributed by atoms with Crippen LogP contribution in [-0.2, 0) is 19.6 Å². The first kappa shape index (κ1) is 29.6. The summed E-state index contributed by atoms with van der Waals surface area (Å²) < 4.78 is 27.1. The molecule has 10 nitrogen and oxygen atoms in total. The normalized spacial score (nSPS) is 13.3. The number of nitrogens with one attached hydrogen (secondary N) is 2. The van der Waals surface area contributed by atoms with E-state index in [1.54, 1.807) is 30.3 Å². The van der Waals surface area contributed by atoms with Gasteiger partial charge in [0, 0.05) is 29.4 Å². The van der Waals surface area contributed by atoms with Gasteiger partial charge in [-0.2, -0.15) is 0 Å². The van der Waals surface area contributed by atoms with Gasteiger partial charge in [0.1, 0.15) is 5.69 Å². The predicted octanol–water partition coefficient (Wildman–Crippen LogP) is 5.71. The summed E-state index contributed by atoms with van der Waals surface area (Å²) in [6, 6.07) is 16.0. The molecule has 4 rings (SSSR count). The van der Waals surface area contributed by atoms with Crippen LogP contribution in [0.15, 0.2) is 101 Å². The largest absolute Gasteiger partial charge is 0.379 e. The van der Waals surface area contributed by atoms with E-state index < -0.39 is 42.3 Å². The van der Waals surface area contributed by atoms with E-state index in [9.17, 15) is 28.1 Å². The van der Waals surface area contributed by atoms with E-state index in [1.165, 1.54) is 42.5 Å². The summed E-state index contributed by atoms with van der Waals surface area (Å²) in [5.74, 6) is 0.322. The number of halogens is 1. The molecule has 13 heteroatoms. The van der Waals surface area contributed by atoms with Gasteiger partial charge in [-0.1, -0.05) is 42.0 Å². The summed E-state index contributed by atoms with van der Waals surface area (Å²) in [7, 11) is -4.90. The summed E-state index contributed by atoms with van der Waals surface area (Å²) in [6.45, 7) is 0.465. The lowest BCUT2D eigenvalue weighted by molar-refractivity contribution is -0.384. The number of thiol groups is 1. The first-order valence-electron chi connectivity index (χ1n) is 12.2. The third-order valence-corrected chi connectivity index (χ3v) is 9.74. The second-order valence-electron chi connectivity index (χ2n) is 8.58. The van der Waals surface area contributed by atoms with Crippen molar-refractivity contribution in [3.05, 3.63) is 116 Å². The number of hydrogen-bond donors (Lipinski definition) is 3. The van der Waals surface area contributed by atoms with Gasteiger partial charge in [-0.3, -0.25) is 19.7 Å². The van der Waals surface area contributed by atoms with Crippen molar-refractivity contribution < 1.29 is 22.9 Å². The first-order chi connectivity index (χ1) is 19.7. The number of hydrogen-bond acceptors (Lipinski definition) is 7. The Bertz CT molecular complexity index is 1640. The molecule has 1 aliphatic heterocycles. The minimum absolute atomic E-state index is 0.0190. The molecule has 0 unspecified atom stereocenters. The molecule has 212 valence electrons. The fraction of sp³-hybridized carbons (Fsp3) is 0.0714. The highest BCUT2D eigenvalue weighted by Gasteiger charge is 2.28. The van der Waals surface area contributed by atoms with Crippen molar-refractivity contribution in [3.8, 4) is 0 Å². The predicted molar refractivity (Wildman–Crippen MR) is 165 cm³/mol. The van der Waals surface area contributed by atoms with E-state index in [4.69, 9.17) is 11.6 Å². The lowest BCUT2D eigenvalue weighted by Gasteiger charge is -2.18. The zero-order valence-electron chi connectivity index (χ0n) is 21.4. The SMILES string of the molecule is O=CN(c1ccc(NC(=O)C=Cc2ccccc2Cl)cc1)S(=O)(=O)c1ccc(NCC[SH]2C=CC=C2)c([N+](=O)[O-])c1. The number of sulfonamides is 1. The Balaban J connectivity index is 1.47. The van der Waals surface area contributed by atoms with E-state index >= 15 is 0 Å². The van der Waals surface area contributed by atoms with E-state index in [0.717, 1.165) is 11.8 Å². The smallest absolute Gasteiger partial charge is 0.293 e. The number of nitrogens with zero attached hydrogens (tertiary/aromatic N) is 2. The first-order valence-corrected chi connectivity index (χ1v) is 15.6. The van der Waals surface area contributed by atoms with Crippen LogP contribution in [0.5, 0.6) is 0 Å². The number of amides is 2. The molecule has 1 heterocycles. The highest BCUT2D eigenvalue weighted by Crippen LogP contribution is 2.34. The molecule has 0 radical (unpaired) electrons. The Morgan fingerprint density at radius 2 is 1.76 bits per heavy atom. The molecule has 0 bridgehead atoms. The summed E-state index contributed by atoms with van der Waals surface area (Å²) in [5.41, 5.74) is 0.745. The lowest BCUT2D eigenvalue weighted by Crippen LogP contribution is -2.29. The second-order valence-corrected chi connectivity index (χ2v) is 12.9. The van der Waals surface area contributed by atoms with E-state index in [-0.39, 0.29) is 17.8 Å². The quantitative estimate of drug-likeness (QED) is 0.0783. The van der Waals surface area contributed by atoms with Gasteiger partial charge in [0.25, 0.3) is 15.7 Å². The Labute approximate surface area is 244 Å². The number of rotatable bonds is 12. The molecule has 0 aliphatic carbocycles. The maximum atomic E-state index is 13.3. The van der Waals surface area contributed by atoms with Crippen molar-refractivity contribution in [1.82, 2.24) is 0 Å². The van der Waals surface area contributed by atoms with Crippen molar-refractivity contribution in [2.75, 3.05) is 27.2 Å². The van der Waals surface area contributed by atoms with Crippen molar-refractivity contribution >= 4 is 73.7 Å². The van der Waals surface area contributed by atoms with Crippen LogP contribution in [-0.4, -0.2) is 38.0 Å². The van der Waals surface area contributed by atoms with Gasteiger partial charge in [0.15, 0.2) is 0 Å². The Morgan fingerprint density at radius 1 is 1.05 bits per heavy atom. The summed E-state index contributed by atoms with van der Waals surface area (Å²) in [5, 5.41) is 22.0. The summed E-state index contributed by atoms with van der Waals surface area (Å²) in [4.78, 5) is 34.8. The summed E-state index contributed by atoms with van der Waals surface area (Å²) >= 11 is 6.08. The van der Waals surface area contributed by atoms with Crippen LogP contribution in [0.4, 0.5) is 22.7 Å². The molecule has 0 aromatic heterocycles. The molecule has 0 fully saturated rings. The molecule has 2 amide bonds. The topological polar surface area (TPSA) is 139 Å². The van der Waals surface area contributed by atoms with Gasteiger partial charge >= 0.3 is 0 Å². The van der Waals surface area contributed by atoms with E-state index in [1.807, 2.05) is 12.2 Å². The average molecular weight is 613 g/mol. The fourth-order valence-electron chi connectivity index (χ4n) is 3.83. The van der Waals surface area contributed by atoms with E-state index in [0.29, 0.717) is 27.1 Å². The number of benzene rings is 3. The highest BCUT2D eigenvalue weighted by atomic mass is 35.5. The van der Waals surface area contributed by atoms with Crippen molar-refractivity contribution in [2.24, 2.45) is 0 Å². The van der Waals surface area contributed by atoms with Crippen LogP contribution in [0.2, 0.25) is 5.02 Å². The summed E-state index contributed by atoms with van der Waals surface area (Å²) in [6.07, 6.45) is 6.87. The van der Waals surface area contributed by atoms with Crippen LogP contribution in [0.3, 0.4) is 0 Å².